The first-order valence-electron chi connectivity index (χ1n) is 11.4. The van der Waals surface area contributed by atoms with Gasteiger partial charge in [0.1, 0.15) is 5.82 Å². The van der Waals surface area contributed by atoms with Crippen molar-refractivity contribution in [3.05, 3.63) is 93.7 Å². The molecule has 37 heavy (non-hydrogen) atoms. The van der Waals surface area contributed by atoms with Crippen LogP contribution in [0.1, 0.15) is 30.5 Å². The molecule has 0 spiro atoms. The molecule has 3 aromatic carbocycles. The number of halogens is 3. The summed E-state index contributed by atoms with van der Waals surface area (Å²) >= 11 is 12.0. The van der Waals surface area contributed by atoms with Crippen molar-refractivity contribution in [3.8, 4) is 0 Å². The van der Waals surface area contributed by atoms with Crippen molar-refractivity contribution < 1.29 is 27.1 Å². The third-order valence-electron chi connectivity index (χ3n) is 6.01. The van der Waals surface area contributed by atoms with Gasteiger partial charge in [-0.15, -0.1) is 0 Å². The molecule has 2 atom stereocenters. The monoisotopic (exact) mass is 564 g/mol. The molecule has 0 saturated heterocycles. The minimum atomic E-state index is -4.06. The lowest BCUT2D eigenvalue weighted by Crippen LogP contribution is -2.41. The summed E-state index contributed by atoms with van der Waals surface area (Å²) in [4.78, 5) is 25.4. The quantitative estimate of drug-likeness (QED) is 0.389. The molecule has 11 heteroatoms. The van der Waals surface area contributed by atoms with E-state index in [1.54, 1.807) is 18.2 Å². The summed E-state index contributed by atoms with van der Waals surface area (Å²) < 4.78 is 46.9. The van der Waals surface area contributed by atoms with E-state index in [-0.39, 0.29) is 22.9 Å². The van der Waals surface area contributed by atoms with Gasteiger partial charge in [0, 0.05) is 11.6 Å². The Labute approximate surface area is 224 Å². The van der Waals surface area contributed by atoms with Crippen LogP contribution >= 0.6 is 23.2 Å². The number of nitrogens with zero attached hydrogens (tertiary/aromatic N) is 1. The Kier molecular flexibility index (Phi) is 8.18. The molecule has 0 saturated carbocycles. The number of rotatable bonds is 7. The fourth-order valence-electron chi connectivity index (χ4n) is 4.15. The SMILES string of the molecule is CC(OC(=O)CC1c2ccccc2CCN1S(=O)(=O)c1ccc(F)cc1)C(=O)Nc1ccc(Cl)cc1Cl. The Morgan fingerprint density at radius 1 is 1.11 bits per heavy atom. The van der Waals surface area contributed by atoms with E-state index in [0.29, 0.717) is 22.7 Å². The Morgan fingerprint density at radius 2 is 1.81 bits per heavy atom. The first kappa shape index (κ1) is 27.1. The van der Waals surface area contributed by atoms with Crippen LogP contribution < -0.4 is 5.32 Å². The van der Waals surface area contributed by atoms with E-state index in [0.717, 1.165) is 17.7 Å². The van der Waals surface area contributed by atoms with Gasteiger partial charge in [0.05, 0.1) is 28.1 Å². The summed E-state index contributed by atoms with van der Waals surface area (Å²) in [5.41, 5.74) is 1.88. The van der Waals surface area contributed by atoms with Crippen LogP contribution in [0.2, 0.25) is 10.0 Å². The lowest BCUT2D eigenvalue weighted by atomic mass is 9.92. The number of carbonyl (C=O) groups is 2. The van der Waals surface area contributed by atoms with Gasteiger partial charge >= 0.3 is 5.97 Å². The zero-order chi connectivity index (χ0) is 26.7. The van der Waals surface area contributed by atoms with Gasteiger partial charge in [-0.1, -0.05) is 47.5 Å². The molecule has 4 rings (SSSR count). The molecule has 1 amide bonds. The molecule has 0 aliphatic carbocycles. The van der Waals surface area contributed by atoms with Crippen LogP contribution in [0.15, 0.2) is 71.6 Å². The molecule has 3 aromatic rings. The second-order valence-corrected chi connectivity index (χ2v) is 11.2. The third kappa shape index (κ3) is 6.13. The molecule has 7 nitrogen and oxygen atoms in total. The van der Waals surface area contributed by atoms with E-state index >= 15 is 0 Å². The molecule has 1 aliphatic rings. The van der Waals surface area contributed by atoms with Crippen molar-refractivity contribution >= 4 is 50.8 Å². The highest BCUT2D eigenvalue weighted by molar-refractivity contribution is 7.89. The first-order valence-corrected chi connectivity index (χ1v) is 13.6. The van der Waals surface area contributed by atoms with Crippen molar-refractivity contribution in [1.82, 2.24) is 4.31 Å². The van der Waals surface area contributed by atoms with E-state index < -0.39 is 39.9 Å². The molecule has 2 unspecified atom stereocenters. The average molecular weight is 565 g/mol. The number of ether oxygens (including phenoxy) is 1. The van der Waals surface area contributed by atoms with Crippen LogP contribution in [0.5, 0.6) is 0 Å². The predicted molar refractivity (Wildman–Crippen MR) is 138 cm³/mol. The third-order valence-corrected chi connectivity index (χ3v) is 8.48. The molecule has 0 bridgehead atoms. The van der Waals surface area contributed by atoms with Crippen molar-refractivity contribution in [2.45, 2.75) is 36.8 Å². The number of esters is 1. The van der Waals surface area contributed by atoms with E-state index in [1.165, 1.54) is 35.5 Å². The van der Waals surface area contributed by atoms with Crippen LogP contribution in [-0.2, 0) is 30.8 Å². The van der Waals surface area contributed by atoms with Gasteiger partial charge < -0.3 is 10.1 Å². The zero-order valence-electron chi connectivity index (χ0n) is 19.7. The fourth-order valence-corrected chi connectivity index (χ4v) is 6.21. The number of hydrogen-bond acceptors (Lipinski definition) is 5. The van der Waals surface area contributed by atoms with E-state index in [9.17, 15) is 22.4 Å². The molecular weight excluding hydrogens is 542 g/mol. The van der Waals surface area contributed by atoms with Gasteiger partial charge in [0.15, 0.2) is 6.10 Å². The van der Waals surface area contributed by atoms with Gasteiger partial charge in [0.25, 0.3) is 5.91 Å². The van der Waals surface area contributed by atoms with Gasteiger partial charge in [-0.25, -0.2) is 12.8 Å². The number of sulfonamides is 1. The molecule has 1 N–H and O–H groups in total. The standard InChI is InChI=1S/C26H23Cl2FN2O5S/c1-16(26(33)30-23-11-6-18(27)14-22(23)28)36-25(32)15-24-21-5-3-2-4-17(21)12-13-31(24)37(34,35)20-9-7-19(29)8-10-20/h2-11,14,16,24H,12-13,15H2,1H3,(H,30,33). The van der Waals surface area contributed by atoms with Crippen LogP contribution in [-0.4, -0.2) is 37.2 Å². The largest absolute Gasteiger partial charge is 0.452 e. The van der Waals surface area contributed by atoms with E-state index in [2.05, 4.69) is 5.32 Å². The molecule has 0 radical (unpaired) electrons. The number of hydrogen-bond donors (Lipinski definition) is 1. The summed E-state index contributed by atoms with van der Waals surface area (Å²) in [6.07, 6.45) is -1.06. The number of carbonyl (C=O) groups excluding carboxylic acids is 2. The summed E-state index contributed by atoms with van der Waals surface area (Å²) in [6, 6.07) is 15.4. The highest BCUT2D eigenvalue weighted by atomic mass is 35.5. The van der Waals surface area contributed by atoms with Gasteiger partial charge in [-0.05, 0) is 66.9 Å². The lowest BCUT2D eigenvalue weighted by molar-refractivity contribution is -0.154. The minimum Gasteiger partial charge on any atom is -0.452 e. The summed E-state index contributed by atoms with van der Waals surface area (Å²) in [5, 5.41) is 3.20. The predicted octanol–water partition coefficient (Wildman–Crippen LogP) is 5.38. The molecule has 1 heterocycles. The number of fused-ring (bicyclic) bond motifs is 1. The van der Waals surface area contributed by atoms with Gasteiger partial charge in [-0.3, -0.25) is 9.59 Å². The van der Waals surface area contributed by atoms with Crippen molar-refractivity contribution in [2.75, 3.05) is 11.9 Å². The van der Waals surface area contributed by atoms with E-state index in [1.807, 2.05) is 12.1 Å². The molecule has 0 aromatic heterocycles. The number of amides is 1. The number of benzene rings is 3. The molecule has 0 fully saturated rings. The Hall–Kier alpha value is -2.98. The molecular formula is C26H23Cl2FN2O5S. The maximum Gasteiger partial charge on any atom is 0.308 e. The first-order chi connectivity index (χ1) is 17.6. The van der Waals surface area contributed by atoms with Crippen LogP contribution in [0.25, 0.3) is 0 Å². The Morgan fingerprint density at radius 3 is 2.51 bits per heavy atom. The zero-order valence-corrected chi connectivity index (χ0v) is 22.0. The molecule has 1 aliphatic heterocycles. The smallest absolute Gasteiger partial charge is 0.308 e. The summed E-state index contributed by atoms with van der Waals surface area (Å²) in [7, 11) is -4.06. The van der Waals surface area contributed by atoms with Crippen LogP contribution in [0.4, 0.5) is 10.1 Å². The van der Waals surface area contributed by atoms with Gasteiger partial charge in [0.2, 0.25) is 10.0 Å². The maximum absolute atomic E-state index is 13.5. The van der Waals surface area contributed by atoms with Crippen molar-refractivity contribution in [3.63, 3.8) is 0 Å². The molecule has 194 valence electrons. The maximum atomic E-state index is 13.5. The van der Waals surface area contributed by atoms with Crippen molar-refractivity contribution in [2.24, 2.45) is 0 Å². The fraction of sp³-hybridized carbons (Fsp3) is 0.231. The number of anilines is 1. The lowest BCUT2D eigenvalue weighted by Gasteiger charge is -2.36. The number of nitrogens with one attached hydrogen (secondary N) is 1. The Bertz CT molecular complexity index is 1430. The van der Waals surface area contributed by atoms with E-state index in [4.69, 9.17) is 27.9 Å². The second kappa shape index (κ2) is 11.2. The van der Waals surface area contributed by atoms with Gasteiger partial charge in [-0.2, -0.15) is 4.31 Å². The minimum absolute atomic E-state index is 0.0840. The van der Waals surface area contributed by atoms with Crippen molar-refractivity contribution in [1.29, 1.82) is 0 Å². The Balaban J connectivity index is 1.53. The van der Waals surface area contributed by atoms with Crippen LogP contribution in [0.3, 0.4) is 0 Å². The second-order valence-electron chi connectivity index (χ2n) is 8.48. The summed E-state index contributed by atoms with van der Waals surface area (Å²) in [6.45, 7) is 1.53. The summed E-state index contributed by atoms with van der Waals surface area (Å²) in [5.74, 6) is -1.93. The topological polar surface area (TPSA) is 92.8 Å². The van der Waals surface area contributed by atoms with Crippen LogP contribution in [0, 0.1) is 5.82 Å². The normalized spacial score (nSPS) is 16.5. The highest BCUT2D eigenvalue weighted by Gasteiger charge is 2.38. The average Bonchev–Trinajstić information content (AvgIpc) is 2.86. The highest BCUT2D eigenvalue weighted by Crippen LogP contribution is 2.36.